The third-order valence-electron chi connectivity index (χ3n) is 5.72. The van der Waals surface area contributed by atoms with Gasteiger partial charge < -0.3 is 15.1 Å². The van der Waals surface area contributed by atoms with E-state index in [1.807, 2.05) is 55.5 Å². The molecule has 0 bridgehead atoms. The lowest BCUT2D eigenvalue weighted by Crippen LogP contribution is -2.46. The van der Waals surface area contributed by atoms with Crippen LogP contribution in [0.1, 0.15) is 15.9 Å². The number of aromatic nitrogens is 1. The molecule has 4 aromatic rings. The normalized spacial score (nSPS) is 14.1. The first-order chi connectivity index (χ1) is 15.2. The molecule has 5 nitrogen and oxygen atoms in total. The van der Waals surface area contributed by atoms with Crippen molar-refractivity contribution >= 4 is 44.0 Å². The second-order valence-electron chi connectivity index (χ2n) is 7.72. The molecule has 0 radical (unpaired) electrons. The molecule has 156 valence electrons. The minimum absolute atomic E-state index is 0.0707. The standard InChI is InChI=1S/C25H24N4OS/c1-18-8-2-3-9-19(18)24(30)26-20-10-4-6-12-22(20)28-14-16-29(17-15-28)25-27-21-11-5-7-13-23(21)31-25/h2-13H,14-17H2,1H3,(H,26,30). The third-order valence-corrected chi connectivity index (χ3v) is 6.81. The van der Waals surface area contributed by atoms with Crippen molar-refractivity contribution < 1.29 is 4.79 Å². The average molecular weight is 429 g/mol. The van der Waals surface area contributed by atoms with E-state index in [0.29, 0.717) is 5.56 Å². The molecule has 2 heterocycles. The predicted molar refractivity (Wildman–Crippen MR) is 130 cm³/mol. The van der Waals surface area contributed by atoms with E-state index in [1.54, 1.807) is 11.3 Å². The van der Waals surface area contributed by atoms with Crippen molar-refractivity contribution in [3.63, 3.8) is 0 Å². The zero-order valence-electron chi connectivity index (χ0n) is 17.4. The summed E-state index contributed by atoms with van der Waals surface area (Å²) < 4.78 is 1.23. The summed E-state index contributed by atoms with van der Waals surface area (Å²) in [6, 6.07) is 24.0. The van der Waals surface area contributed by atoms with Crippen LogP contribution in [0.4, 0.5) is 16.5 Å². The van der Waals surface area contributed by atoms with Crippen molar-refractivity contribution in [1.82, 2.24) is 4.98 Å². The molecule has 1 aliphatic heterocycles. The summed E-state index contributed by atoms with van der Waals surface area (Å²) in [5.74, 6) is -0.0707. The second kappa shape index (κ2) is 8.40. The van der Waals surface area contributed by atoms with E-state index in [-0.39, 0.29) is 5.91 Å². The zero-order valence-corrected chi connectivity index (χ0v) is 18.2. The Morgan fingerprint density at radius 1 is 0.871 bits per heavy atom. The molecular formula is C25H24N4OS. The van der Waals surface area contributed by atoms with E-state index in [4.69, 9.17) is 4.98 Å². The molecule has 0 saturated carbocycles. The van der Waals surface area contributed by atoms with Crippen LogP contribution in [0.2, 0.25) is 0 Å². The fourth-order valence-electron chi connectivity index (χ4n) is 4.01. The summed E-state index contributed by atoms with van der Waals surface area (Å²) >= 11 is 1.75. The summed E-state index contributed by atoms with van der Waals surface area (Å²) in [7, 11) is 0. The summed E-state index contributed by atoms with van der Waals surface area (Å²) in [6.07, 6.45) is 0. The van der Waals surface area contributed by atoms with Gasteiger partial charge in [0, 0.05) is 31.7 Å². The monoisotopic (exact) mass is 428 g/mol. The van der Waals surface area contributed by atoms with E-state index in [1.165, 1.54) is 4.70 Å². The van der Waals surface area contributed by atoms with Crippen LogP contribution in [-0.4, -0.2) is 37.1 Å². The molecule has 1 aliphatic rings. The van der Waals surface area contributed by atoms with E-state index >= 15 is 0 Å². The lowest BCUT2D eigenvalue weighted by Gasteiger charge is -2.36. The Kier molecular flexibility index (Phi) is 5.30. The van der Waals surface area contributed by atoms with E-state index in [0.717, 1.165) is 53.8 Å². The van der Waals surface area contributed by atoms with Crippen LogP contribution in [0.15, 0.2) is 72.8 Å². The smallest absolute Gasteiger partial charge is 0.255 e. The van der Waals surface area contributed by atoms with Crippen molar-refractivity contribution in [1.29, 1.82) is 0 Å². The van der Waals surface area contributed by atoms with Crippen molar-refractivity contribution in [3.05, 3.63) is 83.9 Å². The number of rotatable bonds is 4. The minimum atomic E-state index is -0.0707. The van der Waals surface area contributed by atoms with Gasteiger partial charge in [0.2, 0.25) is 0 Å². The number of carbonyl (C=O) groups is 1. The number of carbonyl (C=O) groups excluding carboxylic acids is 1. The Balaban J connectivity index is 1.30. The third kappa shape index (κ3) is 3.99. The van der Waals surface area contributed by atoms with E-state index in [9.17, 15) is 4.79 Å². The SMILES string of the molecule is Cc1ccccc1C(=O)Nc1ccccc1N1CCN(c2nc3ccccc3s2)CC1. The maximum Gasteiger partial charge on any atom is 0.255 e. The Morgan fingerprint density at radius 2 is 1.55 bits per heavy atom. The first kappa shape index (κ1) is 19.6. The number of para-hydroxylation sites is 3. The molecule has 3 aromatic carbocycles. The van der Waals surface area contributed by atoms with Gasteiger partial charge in [-0.15, -0.1) is 0 Å². The highest BCUT2D eigenvalue weighted by Gasteiger charge is 2.22. The predicted octanol–water partition coefficient (Wildman–Crippen LogP) is 5.18. The van der Waals surface area contributed by atoms with E-state index in [2.05, 4.69) is 39.4 Å². The molecule has 1 aromatic heterocycles. The Hall–Kier alpha value is -3.38. The van der Waals surface area contributed by atoms with Gasteiger partial charge in [0.1, 0.15) is 0 Å². The van der Waals surface area contributed by atoms with Crippen LogP contribution in [0.25, 0.3) is 10.2 Å². The fourth-order valence-corrected chi connectivity index (χ4v) is 5.02. The maximum atomic E-state index is 12.8. The number of piperazine rings is 1. The molecule has 1 N–H and O–H groups in total. The topological polar surface area (TPSA) is 48.5 Å². The van der Waals surface area contributed by atoms with Gasteiger partial charge in [0.05, 0.1) is 21.6 Å². The fraction of sp³-hybridized carbons (Fsp3) is 0.200. The van der Waals surface area contributed by atoms with Crippen LogP contribution >= 0.6 is 11.3 Å². The first-order valence-corrected chi connectivity index (χ1v) is 11.3. The van der Waals surface area contributed by atoms with Crippen molar-refractivity contribution in [2.75, 3.05) is 41.3 Å². The molecule has 1 fully saturated rings. The molecule has 0 atom stereocenters. The first-order valence-electron chi connectivity index (χ1n) is 10.5. The molecule has 6 heteroatoms. The molecule has 1 amide bonds. The minimum Gasteiger partial charge on any atom is -0.366 e. The van der Waals surface area contributed by atoms with Crippen molar-refractivity contribution in [2.45, 2.75) is 6.92 Å². The number of anilines is 3. The van der Waals surface area contributed by atoms with Gasteiger partial charge in [-0.1, -0.05) is 53.8 Å². The summed E-state index contributed by atoms with van der Waals surface area (Å²) in [4.78, 5) is 22.4. The Bertz CT molecular complexity index is 1190. The molecule has 0 spiro atoms. The van der Waals surface area contributed by atoms with Crippen molar-refractivity contribution in [2.24, 2.45) is 0 Å². The van der Waals surface area contributed by atoms with Gasteiger partial charge in [-0.2, -0.15) is 0 Å². The zero-order chi connectivity index (χ0) is 21.2. The van der Waals surface area contributed by atoms with Crippen LogP contribution in [0.3, 0.4) is 0 Å². The molecule has 0 unspecified atom stereocenters. The Morgan fingerprint density at radius 3 is 2.35 bits per heavy atom. The highest BCUT2D eigenvalue weighted by Crippen LogP contribution is 2.31. The van der Waals surface area contributed by atoms with Crippen LogP contribution in [0.5, 0.6) is 0 Å². The number of aryl methyl sites for hydroxylation is 1. The summed E-state index contributed by atoms with van der Waals surface area (Å²) in [5.41, 5.74) is 4.66. The number of nitrogens with zero attached hydrogens (tertiary/aromatic N) is 3. The number of hydrogen-bond acceptors (Lipinski definition) is 5. The number of thiazole rings is 1. The van der Waals surface area contributed by atoms with Gasteiger partial charge in [-0.05, 0) is 42.8 Å². The van der Waals surface area contributed by atoms with Gasteiger partial charge in [0.15, 0.2) is 5.13 Å². The molecule has 1 saturated heterocycles. The number of nitrogens with one attached hydrogen (secondary N) is 1. The van der Waals surface area contributed by atoms with Gasteiger partial charge >= 0.3 is 0 Å². The van der Waals surface area contributed by atoms with E-state index < -0.39 is 0 Å². The van der Waals surface area contributed by atoms with Crippen LogP contribution in [-0.2, 0) is 0 Å². The summed E-state index contributed by atoms with van der Waals surface area (Å²) in [5, 5.41) is 4.21. The van der Waals surface area contributed by atoms with Gasteiger partial charge in [0.25, 0.3) is 5.91 Å². The van der Waals surface area contributed by atoms with Crippen molar-refractivity contribution in [3.8, 4) is 0 Å². The average Bonchev–Trinajstić information content (AvgIpc) is 3.24. The molecule has 31 heavy (non-hydrogen) atoms. The largest absolute Gasteiger partial charge is 0.366 e. The van der Waals surface area contributed by atoms with Crippen LogP contribution < -0.4 is 15.1 Å². The second-order valence-corrected chi connectivity index (χ2v) is 8.73. The molecule has 0 aliphatic carbocycles. The Labute approximate surface area is 186 Å². The quantitative estimate of drug-likeness (QED) is 0.486. The number of hydrogen-bond donors (Lipinski definition) is 1. The number of amides is 1. The lowest BCUT2D eigenvalue weighted by molar-refractivity contribution is 0.102. The highest BCUT2D eigenvalue weighted by molar-refractivity contribution is 7.22. The highest BCUT2D eigenvalue weighted by atomic mass is 32.1. The summed E-state index contributed by atoms with van der Waals surface area (Å²) in [6.45, 7) is 5.53. The lowest BCUT2D eigenvalue weighted by atomic mass is 10.1. The number of fused-ring (bicyclic) bond motifs is 1. The van der Waals surface area contributed by atoms with Gasteiger partial charge in [-0.3, -0.25) is 4.79 Å². The number of benzene rings is 3. The van der Waals surface area contributed by atoms with Crippen LogP contribution in [0, 0.1) is 6.92 Å². The molecule has 5 rings (SSSR count). The maximum absolute atomic E-state index is 12.8. The van der Waals surface area contributed by atoms with Gasteiger partial charge in [-0.25, -0.2) is 4.98 Å². The molecular weight excluding hydrogens is 404 g/mol.